The first-order chi connectivity index (χ1) is 6.59. The van der Waals surface area contributed by atoms with Crippen LogP contribution in [0.4, 0.5) is 0 Å². The van der Waals surface area contributed by atoms with E-state index in [0.29, 0.717) is 5.70 Å². The Labute approximate surface area is 81.3 Å². The molecule has 14 heavy (non-hydrogen) atoms. The molecule has 1 aliphatic carbocycles. The van der Waals surface area contributed by atoms with Gasteiger partial charge in [0.25, 0.3) is 0 Å². The maximum absolute atomic E-state index is 11.0. The predicted molar refractivity (Wildman–Crippen MR) is 51.7 cm³/mol. The fourth-order valence-corrected chi connectivity index (χ4v) is 1.48. The summed E-state index contributed by atoms with van der Waals surface area (Å²) >= 11 is 0. The number of carbonyl (C=O) groups is 1. The lowest BCUT2D eigenvalue weighted by atomic mass is 9.94. The van der Waals surface area contributed by atoms with Crippen molar-refractivity contribution >= 4 is 11.6 Å². The van der Waals surface area contributed by atoms with E-state index in [1.165, 1.54) is 6.92 Å². The fourth-order valence-electron chi connectivity index (χ4n) is 1.48. The monoisotopic (exact) mass is 190 g/mol. The Kier molecular flexibility index (Phi) is 1.80. The zero-order chi connectivity index (χ0) is 10.2. The van der Waals surface area contributed by atoms with Gasteiger partial charge in [-0.25, -0.2) is 0 Å². The predicted octanol–water partition coefficient (Wildman–Crippen LogP) is 1.16. The normalized spacial score (nSPS) is 28.1. The molecule has 1 heterocycles. The zero-order valence-corrected chi connectivity index (χ0v) is 7.98. The standard InChI is InChI=1S/C9H10N4O/c1-6(14)10-9(2)4-3-7-8(5-9)12-13-11-7/h3-5H,1-2H3,(H,10,14). The molecule has 0 radical (unpaired) electrons. The van der Waals surface area contributed by atoms with Crippen LogP contribution in [0.5, 0.6) is 0 Å². The third kappa shape index (κ3) is 1.48. The van der Waals surface area contributed by atoms with Crippen LogP contribution in [0.2, 0.25) is 0 Å². The average molecular weight is 190 g/mol. The van der Waals surface area contributed by atoms with Crippen molar-refractivity contribution in [2.24, 2.45) is 15.4 Å². The van der Waals surface area contributed by atoms with Gasteiger partial charge in [0.1, 0.15) is 11.4 Å². The van der Waals surface area contributed by atoms with E-state index in [2.05, 4.69) is 20.8 Å². The summed E-state index contributed by atoms with van der Waals surface area (Å²) in [6.07, 6.45) is 5.52. The quantitative estimate of drug-likeness (QED) is 0.662. The molecule has 0 aromatic rings. The summed E-state index contributed by atoms with van der Waals surface area (Å²) in [6, 6.07) is 0. The summed E-state index contributed by atoms with van der Waals surface area (Å²) in [5.41, 5.74) is 0.973. The number of fused-ring (bicyclic) bond motifs is 1. The average Bonchev–Trinajstić information content (AvgIpc) is 2.48. The smallest absolute Gasteiger partial charge is 0.217 e. The molecule has 1 aliphatic heterocycles. The van der Waals surface area contributed by atoms with Gasteiger partial charge in [-0.1, -0.05) is 6.08 Å². The fraction of sp³-hybridized carbons (Fsp3) is 0.333. The first-order valence-electron chi connectivity index (χ1n) is 4.29. The summed E-state index contributed by atoms with van der Waals surface area (Å²) in [6.45, 7) is 3.37. The van der Waals surface area contributed by atoms with Gasteiger partial charge in [-0.2, -0.15) is 0 Å². The summed E-state index contributed by atoms with van der Waals surface area (Å²) < 4.78 is 0. The molecular formula is C9H10N4O. The molecule has 1 unspecified atom stereocenters. The summed E-state index contributed by atoms with van der Waals surface area (Å²) in [4.78, 5) is 11.0. The van der Waals surface area contributed by atoms with Gasteiger partial charge < -0.3 is 5.32 Å². The first kappa shape index (κ1) is 8.80. The first-order valence-corrected chi connectivity index (χ1v) is 4.29. The van der Waals surface area contributed by atoms with Crippen LogP contribution in [-0.4, -0.2) is 17.2 Å². The highest BCUT2D eigenvalue weighted by Gasteiger charge is 2.26. The number of carbonyl (C=O) groups excluding carboxylic acids is 1. The van der Waals surface area contributed by atoms with E-state index in [1.807, 2.05) is 25.2 Å². The van der Waals surface area contributed by atoms with Gasteiger partial charge in [0, 0.05) is 6.92 Å². The number of allylic oxidation sites excluding steroid dienone is 1. The number of hydrogen-bond donors (Lipinski definition) is 1. The van der Waals surface area contributed by atoms with Gasteiger partial charge >= 0.3 is 0 Å². The molecule has 5 nitrogen and oxygen atoms in total. The van der Waals surface area contributed by atoms with Crippen molar-refractivity contribution in [1.82, 2.24) is 5.32 Å². The van der Waals surface area contributed by atoms with Crippen molar-refractivity contribution in [2.75, 3.05) is 0 Å². The molecule has 0 bridgehead atoms. The van der Waals surface area contributed by atoms with E-state index in [9.17, 15) is 4.79 Å². The second kappa shape index (κ2) is 2.87. The molecule has 0 saturated carbocycles. The second-order valence-electron chi connectivity index (χ2n) is 3.50. The number of nitrogens with zero attached hydrogens (tertiary/aromatic N) is 3. The van der Waals surface area contributed by atoms with Gasteiger partial charge in [-0.05, 0) is 24.3 Å². The van der Waals surface area contributed by atoms with Crippen LogP contribution >= 0.6 is 0 Å². The van der Waals surface area contributed by atoms with Crippen molar-refractivity contribution in [3.05, 3.63) is 23.9 Å². The largest absolute Gasteiger partial charge is 0.344 e. The van der Waals surface area contributed by atoms with E-state index in [-0.39, 0.29) is 5.91 Å². The van der Waals surface area contributed by atoms with E-state index >= 15 is 0 Å². The Bertz CT molecular complexity index is 405. The van der Waals surface area contributed by atoms with E-state index in [0.717, 1.165) is 5.71 Å². The lowest BCUT2D eigenvalue weighted by Gasteiger charge is -2.25. The third-order valence-electron chi connectivity index (χ3n) is 2.04. The Hall–Kier alpha value is -1.78. The molecule has 5 heteroatoms. The minimum atomic E-state index is -0.483. The lowest BCUT2D eigenvalue weighted by molar-refractivity contribution is -0.119. The van der Waals surface area contributed by atoms with Gasteiger partial charge in [-0.3, -0.25) is 4.79 Å². The Morgan fingerprint density at radius 1 is 1.57 bits per heavy atom. The molecule has 1 amide bonds. The van der Waals surface area contributed by atoms with Crippen molar-refractivity contribution in [1.29, 1.82) is 0 Å². The van der Waals surface area contributed by atoms with Gasteiger partial charge in [0.2, 0.25) is 5.91 Å². The molecule has 0 saturated heterocycles. The number of hydrogen-bond acceptors (Lipinski definition) is 4. The maximum atomic E-state index is 11.0. The molecule has 1 N–H and O–H groups in total. The molecule has 0 aromatic carbocycles. The molecule has 1 atom stereocenters. The maximum Gasteiger partial charge on any atom is 0.217 e. The highest BCUT2D eigenvalue weighted by Crippen LogP contribution is 2.22. The van der Waals surface area contributed by atoms with E-state index in [1.54, 1.807) is 0 Å². The minimum Gasteiger partial charge on any atom is -0.344 e. The molecule has 2 rings (SSSR count). The van der Waals surface area contributed by atoms with Crippen LogP contribution in [-0.2, 0) is 4.79 Å². The molecule has 0 aromatic heterocycles. The molecule has 0 spiro atoms. The molecule has 2 aliphatic rings. The van der Waals surface area contributed by atoms with Crippen molar-refractivity contribution in [3.8, 4) is 0 Å². The van der Waals surface area contributed by atoms with Crippen LogP contribution in [0, 0.1) is 0 Å². The van der Waals surface area contributed by atoms with Crippen molar-refractivity contribution in [3.63, 3.8) is 0 Å². The topological polar surface area (TPSA) is 66.2 Å². The van der Waals surface area contributed by atoms with E-state index in [4.69, 9.17) is 0 Å². The number of nitrogens with one attached hydrogen (secondary N) is 1. The summed E-state index contributed by atoms with van der Waals surface area (Å²) in [7, 11) is 0. The highest BCUT2D eigenvalue weighted by atomic mass is 16.1. The highest BCUT2D eigenvalue weighted by molar-refractivity contribution is 6.10. The van der Waals surface area contributed by atoms with Gasteiger partial charge in [0.15, 0.2) is 0 Å². The Morgan fingerprint density at radius 2 is 2.36 bits per heavy atom. The van der Waals surface area contributed by atoms with Crippen LogP contribution in [0.1, 0.15) is 13.8 Å². The van der Waals surface area contributed by atoms with Gasteiger partial charge in [-0.15, -0.1) is 10.2 Å². The van der Waals surface area contributed by atoms with Crippen molar-refractivity contribution < 1.29 is 4.79 Å². The summed E-state index contributed by atoms with van der Waals surface area (Å²) in [5.74, 6) is -0.0793. The molecular weight excluding hydrogens is 180 g/mol. The third-order valence-corrected chi connectivity index (χ3v) is 2.04. The second-order valence-corrected chi connectivity index (χ2v) is 3.50. The molecule has 0 fully saturated rings. The SMILES string of the molecule is CC(=O)NC1(C)C=CC2=NN=NC2=C1. The van der Waals surface area contributed by atoms with Crippen LogP contribution in [0.3, 0.4) is 0 Å². The zero-order valence-electron chi connectivity index (χ0n) is 7.98. The molecule has 72 valence electrons. The van der Waals surface area contributed by atoms with Gasteiger partial charge in [0.05, 0.1) is 5.54 Å². The van der Waals surface area contributed by atoms with Crippen LogP contribution in [0.15, 0.2) is 39.4 Å². The lowest BCUT2D eigenvalue weighted by Crippen LogP contribution is -2.43. The van der Waals surface area contributed by atoms with E-state index < -0.39 is 5.54 Å². The Morgan fingerprint density at radius 3 is 3.07 bits per heavy atom. The Balaban J connectivity index is 2.29. The number of rotatable bonds is 1. The number of amides is 1. The van der Waals surface area contributed by atoms with Crippen LogP contribution in [0.25, 0.3) is 0 Å². The van der Waals surface area contributed by atoms with Crippen molar-refractivity contribution in [2.45, 2.75) is 19.4 Å². The summed E-state index contributed by atoms with van der Waals surface area (Å²) in [5, 5.41) is 14.0. The minimum absolute atomic E-state index is 0.0793. The van der Waals surface area contributed by atoms with Crippen LogP contribution < -0.4 is 5.32 Å².